The normalized spacial score (nSPS) is 15.8. The van der Waals surface area contributed by atoms with E-state index in [2.05, 4.69) is 29.1 Å². The van der Waals surface area contributed by atoms with Crippen molar-refractivity contribution < 1.29 is 9.66 Å². The van der Waals surface area contributed by atoms with Crippen LogP contribution in [0.4, 0.5) is 11.5 Å². The summed E-state index contributed by atoms with van der Waals surface area (Å²) in [5, 5.41) is 14.4. The molecule has 2 rings (SSSR count). The first kappa shape index (κ1) is 16.5. The van der Waals surface area contributed by atoms with Gasteiger partial charge in [0.15, 0.2) is 0 Å². The summed E-state index contributed by atoms with van der Waals surface area (Å²) < 4.78 is 5.78. The topological polar surface area (TPSA) is 90.2 Å². The van der Waals surface area contributed by atoms with Crippen LogP contribution in [0.1, 0.15) is 52.4 Å². The molecule has 1 aromatic heterocycles. The van der Waals surface area contributed by atoms with E-state index in [1.54, 1.807) is 0 Å². The van der Waals surface area contributed by atoms with Crippen LogP contribution in [0.25, 0.3) is 0 Å². The van der Waals surface area contributed by atoms with E-state index in [-0.39, 0.29) is 23.5 Å². The molecule has 0 aromatic carbocycles. The number of nitrogens with zero attached hydrogens (tertiary/aromatic N) is 3. The number of nitrogens with one attached hydrogen (secondary N) is 1. The van der Waals surface area contributed by atoms with Gasteiger partial charge in [0.05, 0.1) is 4.92 Å². The Kier molecular flexibility index (Phi) is 5.91. The lowest BCUT2D eigenvalue weighted by molar-refractivity contribution is -0.385. The molecule has 7 nitrogen and oxygen atoms in total. The van der Waals surface area contributed by atoms with Gasteiger partial charge in [0.1, 0.15) is 12.4 Å². The van der Waals surface area contributed by atoms with Crippen molar-refractivity contribution in [2.75, 3.05) is 11.9 Å². The molecule has 0 atom stereocenters. The Morgan fingerprint density at radius 1 is 1.36 bits per heavy atom. The van der Waals surface area contributed by atoms with E-state index in [0.717, 1.165) is 32.1 Å². The molecule has 1 saturated carbocycles. The second kappa shape index (κ2) is 7.91. The highest BCUT2D eigenvalue weighted by molar-refractivity contribution is 5.61. The van der Waals surface area contributed by atoms with Crippen LogP contribution in [-0.2, 0) is 0 Å². The van der Waals surface area contributed by atoms with Crippen LogP contribution in [0.15, 0.2) is 6.33 Å². The second-order valence-corrected chi connectivity index (χ2v) is 6.12. The quantitative estimate of drug-likeness (QED) is 0.612. The minimum Gasteiger partial charge on any atom is -0.469 e. The van der Waals surface area contributed by atoms with Crippen LogP contribution < -0.4 is 10.1 Å². The third-order valence-corrected chi connectivity index (χ3v) is 3.82. The highest BCUT2D eigenvalue weighted by atomic mass is 16.6. The second-order valence-electron chi connectivity index (χ2n) is 6.12. The molecule has 1 aliphatic rings. The van der Waals surface area contributed by atoms with Crippen molar-refractivity contribution in [3.63, 3.8) is 0 Å². The molecule has 7 heteroatoms. The van der Waals surface area contributed by atoms with Gasteiger partial charge in [0.2, 0.25) is 5.82 Å². The molecule has 22 heavy (non-hydrogen) atoms. The summed E-state index contributed by atoms with van der Waals surface area (Å²) in [5.41, 5.74) is -0.156. The fourth-order valence-electron chi connectivity index (χ4n) is 2.56. The van der Waals surface area contributed by atoms with Gasteiger partial charge in [-0.05, 0) is 38.0 Å². The number of nitro groups is 1. The number of aromatic nitrogens is 2. The lowest BCUT2D eigenvalue weighted by atomic mass is 9.98. The van der Waals surface area contributed by atoms with Gasteiger partial charge in [-0.3, -0.25) is 10.1 Å². The molecule has 0 radical (unpaired) electrons. The summed E-state index contributed by atoms with van der Waals surface area (Å²) in [4.78, 5) is 18.9. The van der Waals surface area contributed by atoms with Gasteiger partial charge in [-0.2, -0.15) is 4.98 Å². The molecular weight excluding hydrogens is 284 g/mol. The Morgan fingerprint density at radius 2 is 2.09 bits per heavy atom. The minimum absolute atomic E-state index is 0.0193. The first-order valence-corrected chi connectivity index (χ1v) is 7.98. The zero-order valence-electron chi connectivity index (χ0n) is 13.2. The number of hydrogen-bond acceptors (Lipinski definition) is 6. The zero-order valence-corrected chi connectivity index (χ0v) is 13.2. The van der Waals surface area contributed by atoms with Crippen molar-refractivity contribution in [3.05, 3.63) is 16.4 Å². The molecule has 0 bridgehead atoms. The molecule has 122 valence electrons. The largest absolute Gasteiger partial charge is 0.469 e. The number of ether oxygens (including phenoxy) is 1. The smallest absolute Gasteiger partial charge is 0.372 e. The van der Waals surface area contributed by atoms with Gasteiger partial charge in [-0.25, -0.2) is 4.98 Å². The van der Waals surface area contributed by atoms with E-state index in [1.807, 2.05) is 0 Å². The maximum absolute atomic E-state index is 11.4. The first-order valence-electron chi connectivity index (χ1n) is 7.98. The Morgan fingerprint density at radius 3 is 2.73 bits per heavy atom. The Balaban J connectivity index is 2.12. The highest BCUT2D eigenvalue weighted by Crippen LogP contribution is 2.33. The number of hydrogen-bond donors (Lipinski definition) is 1. The predicted octanol–water partition coefficient (Wildman–Crippen LogP) is 3.55. The zero-order chi connectivity index (χ0) is 15.9. The van der Waals surface area contributed by atoms with E-state index in [4.69, 9.17) is 4.74 Å². The maximum atomic E-state index is 11.4. The Bertz CT molecular complexity index is 502. The standard InChI is InChI=1S/C15H24N4O3/c1-11(2)8-9-16-14-13(19(20)21)15(18-10-17-14)22-12-6-4-3-5-7-12/h10-12H,3-9H2,1-2H3,(H,16,17,18). The molecule has 1 N–H and O–H groups in total. The van der Waals surface area contributed by atoms with Crippen LogP contribution in [-0.4, -0.2) is 27.5 Å². The highest BCUT2D eigenvalue weighted by Gasteiger charge is 2.27. The van der Waals surface area contributed by atoms with Gasteiger partial charge in [0.25, 0.3) is 5.88 Å². The molecule has 1 heterocycles. The van der Waals surface area contributed by atoms with Crippen molar-refractivity contribution in [1.82, 2.24) is 9.97 Å². The number of anilines is 1. The maximum Gasteiger partial charge on any atom is 0.372 e. The lowest BCUT2D eigenvalue weighted by Gasteiger charge is -2.22. The lowest BCUT2D eigenvalue weighted by Crippen LogP contribution is -2.21. The van der Waals surface area contributed by atoms with Gasteiger partial charge in [-0.1, -0.05) is 20.3 Å². The Labute approximate surface area is 130 Å². The fraction of sp³-hybridized carbons (Fsp3) is 0.733. The van der Waals surface area contributed by atoms with Crippen LogP contribution in [0.5, 0.6) is 5.88 Å². The van der Waals surface area contributed by atoms with Crippen LogP contribution in [0.2, 0.25) is 0 Å². The predicted molar refractivity (Wildman–Crippen MR) is 84.1 cm³/mol. The molecule has 1 aliphatic carbocycles. The monoisotopic (exact) mass is 308 g/mol. The summed E-state index contributed by atoms with van der Waals surface area (Å²) in [6, 6.07) is 0. The van der Waals surface area contributed by atoms with Crippen molar-refractivity contribution in [2.24, 2.45) is 5.92 Å². The van der Waals surface area contributed by atoms with E-state index < -0.39 is 4.92 Å². The average Bonchev–Trinajstić information content (AvgIpc) is 2.48. The van der Waals surface area contributed by atoms with E-state index >= 15 is 0 Å². The summed E-state index contributed by atoms with van der Waals surface area (Å²) in [7, 11) is 0. The summed E-state index contributed by atoms with van der Waals surface area (Å²) >= 11 is 0. The fourth-order valence-corrected chi connectivity index (χ4v) is 2.56. The van der Waals surface area contributed by atoms with Crippen molar-refractivity contribution in [1.29, 1.82) is 0 Å². The average molecular weight is 308 g/mol. The Hall–Kier alpha value is -1.92. The van der Waals surface area contributed by atoms with Crippen molar-refractivity contribution in [3.8, 4) is 5.88 Å². The molecular formula is C15H24N4O3. The third kappa shape index (κ3) is 4.54. The summed E-state index contributed by atoms with van der Waals surface area (Å²) in [6.45, 7) is 4.85. The van der Waals surface area contributed by atoms with Gasteiger partial charge in [0, 0.05) is 6.54 Å². The van der Waals surface area contributed by atoms with Gasteiger partial charge < -0.3 is 10.1 Å². The number of rotatable bonds is 7. The van der Waals surface area contributed by atoms with E-state index in [9.17, 15) is 10.1 Å². The molecule has 0 spiro atoms. The van der Waals surface area contributed by atoms with Crippen molar-refractivity contribution in [2.45, 2.75) is 58.5 Å². The SMILES string of the molecule is CC(C)CCNc1ncnc(OC2CCCCC2)c1[N+](=O)[O-]. The summed E-state index contributed by atoms with van der Waals surface area (Å²) in [5.74, 6) is 0.844. The van der Waals surface area contributed by atoms with E-state index in [0.29, 0.717) is 12.5 Å². The van der Waals surface area contributed by atoms with Gasteiger partial charge >= 0.3 is 5.69 Å². The van der Waals surface area contributed by atoms with Crippen LogP contribution in [0, 0.1) is 16.0 Å². The first-order chi connectivity index (χ1) is 10.6. The van der Waals surface area contributed by atoms with Gasteiger partial charge in [-0.15, -0.1) is 0 Å². The summed E-state index contributed by atoms with van der Waals surface area (Å²) in [6.07, 6.45) is 7.52. The molecule has 1 fully saturated rings. The molecule has 0 aliphatic heterocycles. The molecule has 0 saturated heterocycles. The van der Waals surface area contributed by atoms with Crippen molar-refractivity contribution >= 4 is 11.5 Å². The third-order valence-electron chi connectivity index (χ3n) is 3.82. The molecule has 0 unspecified atom stereocenters. The molecule has 1 aromatic rings. The molecule has 0 amide bonds. The van der Waals surface area contributed by atoms with Crippen LogP contribution in [0.3, 0.4) is 0 Å². The van der Waals surface area contributed by atoms with Crippen LogP contribution >= 0.6 is 0 Å². The minimum atomic E-state index is -0.462. The van der Waals surface area contributed by atoms with E-state index in [1.165, 1.54) is 12.7 Å².